The van der Waals surface area contributed by atoms with Gasteiger partial charge >= 0.3 is 0 Å². The number of rotatable bonds is 15. The molecule has 0 atom stereocenters. The van der Waals surface area contributed by atoms with Crippen LogP contribution in [0.4, 0.5) is 0 Å². The molecule has 0 aliphatic heterocycles. The van der Waals surface area contributed by atoms with Gasteiger partial charge in [-0.1, -0.05) is 87.2 Å². The van der Waals surface area contributed by atoms with Crippen LogP contribution < -0.4 is 0 Å². The quantitative estimate of drug-likeness (QED) is 0.128. The second-order valence-corrected chi connectivity index (χ2v) is 12.9. The fraction of sp³-hybridized carbons (Fsp3) is 0.333. The van der Waals surface area contributed by atoms with Gasteiger partial charge in [-0.15, -0.1) is 22.7 Å². The maximum atomic E-state index is 4.78. The third-order valence-electron chi connectivity index (χ3n) is 7.22. The van der Waals surface area contributed by atoms with Gasteiger partial charge < -0.3 is 4.90 Å². The van der Waals surface area contributed by atoms with Gasteiger partial charge in [-0.2, -0.15) is 0 Å². The Morgan fingerprint density at radius 3 is 1.74 bits per heavy atom. The van der Waals surface area contributed by atoms with Crippen molar-refractivity contribution in [2.45, 2.75) is 60.0 Å². The molecular weight excluding hydrogens is 553 g/mol. The Bertz CT molecular complexity index is 1480. The summed E-state index contributed by atoms with van der Waals surface area (Å²) in [6.45, 7) is 16.8. The van der Waals surface area contributed by atoms with E-state index in [1.807, 2.05) is 12.4 Å². The molecule has 4 nitrogen and oxygen atoms in total. The molecule has 0 fully saturated rings. The first-order valence-corrected chi connectivity index (χ1v) is 16.6. The first kappa shape index (κ1) is 31.6. The van der Waals surface area contributed by atoms with Crippen LogP contribution in [0.2, 0.25) is 0 Å². The van der Waals surface area contributed by atoms with E-state index in [4.69, 9.17) is 4.98 Å². The fourth-order valence-corrected chi connectivity index (χ4v) is 6.92. The summed E-state index contributed by atoms with van der Waals surface area (Å²) in [5.41, 5.74) is 7.29. The molecular formula is C36H44N4S2. The molecule has 0 aliphatic rings. The lowest BCUT2D eigenvalue weighted by Crippen LogP contribution is -2.23. The van der Waals surface area contributed by atoms with Crippen molar-refractivity contribution < 1.29 is 0 Å². The van der Waals surface area contributed by atoms with E-state index in [1.54, 1.807) is 22.7 Å². The highest BCUT2D eigenvalue weighted by molar-refractivity contribution is 7.15. The van der Waals surface area contributed by atoms with Crippen molar-refractivity contribution in [1.29, 1.82) is 0 Å². The molecule has 4 rings (SSSR count). The minimum atomic E-state index is 0.797. The normalized spacial score (nSPS) is 12.0. The summed E-state index contributed by atoms with van der Waals surface area (Å²) in [6.07, 6.45) is 13.5. The van der Waals surface area contributed by atoms with Gasteiger partial charge in [0.05, 0.1) is 22.8 Å². The molecule has 6 heteroatoms. The van der Waals surface area contributed by atoms with E-state index in [1.165, 1.54) is 42.6 Å². The summed E-state index contributed by atoms with van der Waals surface area (Å²) in [5, 5.41) is 2.29. The predicted molar refractivity (Wildman–Crippen MR) is 184 cm³/mol. The molecule has 2 aromatic heterocycles. The summed E-state index contributed by atoms with van der Waals surface area (Å²) >= 11 is 3.56. The van der Waals surface area contributed by atoms with Gasteiger partial charge in [-0.25, -0.2) is 9.97 Å². The van der Waals surface area contributed by atoms with Gasteiger partial charge in [0.1, 0.15) is 10.0 Å². The average molecular weight is 597 g/mol. The SMILES string of the molecule is C=C(CC(/C=C\C)=C/C)N(CCC)Cc1ncc(-c2ccc(-c3ccc(-c4cnc(CN(C)CCC)s4)cc3)cc2)s1. The van der Waals surface area contributed by atoms with Gasteiger partial charge in [0.25, 0.3) is 0 Å². The fourth-order valence-electron chi connectivity index (χ4n) is 4.98. The Kier molecular flexibility index (Phi) is 11.9. The predicted octanol–water partition coefficient (Wildman–Crippen LogP) is 10.1. The number of nitrogens with zero attached hydrogens (tertiary/aromatic N) is 4. The molecule has 0 N–H and O–H groups in total. The van der Waals surface area contributed by atoms with Crippen LogP contribution in [0.1, 0.15) is 57.0 Å². The highest BCUT2D eigenvalue weighted by Gasteiger charge is 2.13. The lowest BCUT2D eigenvalue weighted by Gasteiger charge is -2.25. The molecule has 0 aliphatic carbocycles. The molecule has 0 saturated carbocycles. The van der Waals surface area contributed by atoms with Crippen molar-refractivity contribution in [3.05, 3.63) is 107 Å². The number of hydrogen-bond acceptors (Lipinski definition) is 6. The molecule has 220 valence electrons. The smallest absolute Gasteiger partial charge is 0.112 e. The zero-order chi connectivity index (χ0) is 29.9. The summed E-state index contributed by atoms with van der Waals surface area (Å²) in [4.78, 5) is 16.6. The van der Waals surface area contributed by atoms with Crippen LogP contribution in [0.25, 0.3) is 32.0 Å². The molecule has 0 amide bonds. The summed E-state index contributed by atoms with van der Waals surface area (Å²) in [6, 6.07) is 17.7. The third kappa shape index (κ3) is 8.60. The first-order valence-electron chi connectivity index (χ1n) is 14.9. The van der Waals surface area contributed by atoms with Crippen LogP contribution in [0.3, 0.4) is 0 Å². The number of hydrogen-bond donors (Lipinski definition) is 0. The second kappa shape index (κ2) is 15.8. The number of allylic oxidation sites excluding steroid dienone is 4. The average Bonchev–Trinajstić information content (AvgIpc) is 3.67. The summed E-state index contributed by atoms with van der Waals surface area (Å²) < 4.78 is 0. The largest absolute Gasteiger partial charge is 0.368 e. The Balaban J connectivity index is 1.40. The number of aromatic nitrogens is 2. The van der Waals surface area contributed by atoms with E-state index in [-0.39, 0.29) is 0 Å². The van der Waals surface area contributed by atoms with E-state index >= 15 is 0 Å². The molecule has 0 bridgehead atoms. The molecule has 4 aromatic rings. The summed E-state index contributed by atoms with van der Waals surface area (Å²) in [7, 11) is 2.16. The number of benzene rings is 2. The van der Waals surface area contributed by atoms with Gasteiger partial charge in [0.15, 0.2) is 0 Å². The van der Waals surface area contributed by atoms with Crippen molar-refractivity contribution in [2.75, 3.05) is 20.1 Å². The summed E-state index contributed by atoms with van der Waals surface area (Å²) in [5.74, 6) is 0. The second-order valence-electron chi connectivity index (χ2n) is 10.7. The van der Waals surface area contributed by atoms with E-state index < -0.39 is 0 Å². The van der Waals surface area contributed by atoms with Gasteiger partial charge in [-0.3, -0.25) is 4.90 Å². The first-order chi connectivity index (χ1) is 20.4. The minimum absolute atomic E-state index is 0.797. The van der Waals surface area contributed by atoms with Crippen LogP contribution in [-0.2, 0) is 13.1 Å². The van der Waals surface area contributed by atoms with E-state index in [0.717, 1.165) is 56.1 Å². The lowest BCUT2D eigenvalue weighted by molar-refractivity contribution is 0.327. The van der Waals surface area contributed by atoms with Crippen molar-refractivity contribution in [3.63, 3.8) is 0 Å². The Morgan fingerprint density at radius 2 is 1.26 bits per heavy atom. The maximum absolute atomic E-state index is 4.78. The number of thiazole rings is 2. The third-order valence-corrected chi connectivity index (χ3v) is 9.28. The highest BCUT2D eigenvalue weighted by Crippen LogP contribution is 2.32. The van der Waals surface area contributed by atoms with Gasteiger partial charge in [0.2, 0.25) is 0 Å². The zero-order valence-corrected chi connectivity index (χ0v) is 27.4. The standard InChI is InChI=1S/C36H44N4S2/c1-7-11-28(10-4)22-27(5)40(21-9-3)26-36-38-24-34(42-36)32-18-14-30(15-19-32)29-12-16-31(17-13-29)33-23-37-35(41-33)25-39(6)20-8-2/h7,10-19,23-24H,5,8-9,20-22,25-26H2,1-4,6H3/b11-7-,28-10+. The van der Waals surface area contributed by atoms with E-state index in [9.17, 15) is 0 Å². The monoisotopic (exact) mass is 596 g/mol. The Labute approximate surface area is 260 Å². The topological polar surface area (TPSA) is 32.3 Å². The Morgan fingerprint density at radius 1 is 0.762 bits per heavy atom. The van der Waals surface area contributed by atoms with Crippen LogP contribution in [0, 0.1) is 0 Å². The molecule has 2 aromatic carbocycles. The van der Waals surface area contributed by atoms with Crippen molar-refractivity contribution in [3.8, 4) is 32.0 Å². The highest BCUT2D eigenvalue weighted by atomic mass is 32.1. The van der Waals surface area contributed by atoms with E-state index in [2.05, 4.69) is 123 Å². The molecule has 0 saturated heterocycles. The van der Waals surface area contributed by atoms with Crippen LogP contribution >= 0.6 is 22.7 Å². The van der Waals surface area contributed by atoms with Crippen LogP contribution in [-0.4, -0.2) is 39.9 Å². The molecule has 0 radical (unpaired) electrons. The van der Waals surface area contributed by atoms with Crippen molar-refractivity contribution in [1.82, 2.24) is 19.8 Å². The Hall–Kier alpha value is -3.32. The van der Waals surface area contributed by atoms with Crippen LogP contribution in [0.15, 0.2) is 97.0 Å². The molecule has 42 heavy (non-hydrogen) atoms. The maximum Gasteiger partial charge on any atom is 0.112 e. The van der Waals surface area contributed by atoms with Crippen LogP contribution in [0.5, 0.6) is 0 Å². The lowest BCUT2D eigenvalue weighted by atomic mass is 10.0. The van der Waals surface area contributed by atoms with Gasteiger partial charge in [-0.05, 0) is 68.1 Å². The van der Waals surface area contributed by atoms with Crippen molar-refractivity contribution in [2.24, 2.45) is 0 Å². The molecule has 2 heterocycles. The van der Waals surface area contributed by atoms with Gasteiger partial charge in [0, 0.05) is 31.1 Å². The van der Waals surface area contributed by atoms with E-state index in [0.29, 0.717) is 0 Å². The van der Waals surface area contributed by atoms with Crippen molar-refractivity contribution >= 4 is 22.7 Å². The zero-order valence-electron chi connectivity index (χ0n) is 25.8. The minimum Gasteiger partial charge on any atom is -0.368 e. The molecule has 0 unspecified atom stereocenters. The molecule has 0 spiro atoms.